The Morgan fingerprint density at radius 3 is 2.52 bits per heavy atom. The van der Waals surface area contributed by atoms with Gasteiger partial charge in [0.2, 0.25) is 5.95 Å². The third kappa shape index (κ3) is 5.45. The Morgan fingerprint density at radius 1 is 1.00 bits per heavy atom. The zero-order valence-corrected chi connectivity index (χ0v) is 18.5. The maximum Gasteiger partial charge on any atom is 0.332 e. The van der Waals surface area contributed by atoms with Crippen LogP contribution >= 0.6 is 11.6 Å². The van der Waals surface area contributed by atoms with Crippen molar-refractivity contribution < 1.29 is 9.18 Å². The highest BCUT2D eigenvalue weighted by molar-refractivity contribution is 6.31. The summed E-state index contributed by atoms with van der Waals surface area (Å²) in [6.45, 7) is 1.98. The smallest absolute Gasteiger partial charge is 0.332 e. The van der Waals surface area contributed by atoms with Crippen LogP contribution in [0.4, 0.5) is 32.3 Å². The molecule has 1 unspecified atom stereocenters. The molecule has 3 aromatic carbocycles. The minimum Gasteiger partial charge on any atom is -0.348 e. The monoisotopic (exact) mass is 461 g/mol. The summed E-state index contributed by atoms with van der Waals surface area (Å²) in [5.41, 5.74) is 1.58. The molecule has 2 N–H and O–H groups in total. The first-order valence-electron chi connectivity index (χ1n) is 10.3. The van der Waals surface area contributed by atoms with Crippen molar-refractivity contribution in [3.8, 4) is 0 Å². The molecule has 0 fully saturated rings. The number of nitrogens with zero attached hydrogens (tertiary/aromatic N) is 3. The summed E-state index contributed by atoms with van der Waals surface area (Å²) in [4.78, 5) is 23.2. The molecular weight excluding hydrogens is 441 g/mol. The molecule has 0 aliphatic heterocycles. The summed E-state index contributed by atoms with van der Waals surface area (Å²) in [5.74, 6) is -0.0531. The number of aromatic nitrogens is 2. The lowest BCUT2D eigenvalue weighted by Gasteiger charge is -2.23. The van der Waals surface area contributed by atoms with Crippen molar-refractivity contribution in [2.24, 2.45) is 0 Å². The number of hydrogen-bond donors (Lipinski definition) is 2. The predicted octanol–water partition coefficient (Wildman–Crippen LogP) is 6.81. The molecule has 0 radical (unpaired) electrons. The number of halogens is 2. The first-order valence-corrected chi connectivity index (χ1v) is 10.6. The lowest BCUT2D eigenvalue weighted by atomic mass is 10.1. The van der Waals surface area contributed by atoms with Crippen molar-refractivity contribution in [3.63, 3.8) is 0 Å². The molecule has 0 saturated carbocycles. The second kappa shape index (κ2) is 10.1. The first kappa shape index (κ1) is 22.2. The van der Waals surface area contributed by atoms with Gasteiger partial charge in [-0.3, -0.25) is 0 Å². The van der Waals surface area contributed by atoms with Crippen LogP contribution in [0, 0.1) is 5.82 Å². The van der Waals surface area contributed by atoms with Crippen LogP contribution in [0.25, 0.3) is 0 Å². The summed E-state index contributed by atoms with van der Waals surface area (Å²) in [6.07, 6.45) is 1.52. The number of carbonyl (C=O) groups excluding carboxylic acids is 1. The highest BCUT2D eigenvalue weighted by Gasteiger charge is 2.23. The Morgan fingerprint density at radius 2 is 1.76 bits per heavy atom. The van der Waals surface area contributed by atoms with Gasteiger partial charge in [0.1, 0.15) is 11.6 Å². The lowest BCUT2D eigenvalue weighted by molar-refractivity contribution is 0.258. The number of para-hydroxylation sites is 1. The molecule has 8 heteroatoms. The molecule has 33 heavy (non-hydrogen) atoms. The number of hydrogen-bond acceptors (Lipinski definition) is 4. The molecule has 166 valence electrons. The molecule has 0 spiro atoms. The van der Waals surface area contributed by atoms with Crippen molar-refractivity contribution in [2.45, 2.75) is 13.0 Å². The van der Waals surface area contributed by atoms with Gasteiger partial charge in [-0.25, -0.2) is 19.1 Å². The van der Waals surface area contributed by atoms with Crippen LogP contribution in [0.3, 0.4) is 0 Å². The van der Waals surface area contributed by atoms with Gasteiger partial charge in [-0.05, 0) is 42.8 Å². The van der Waals surface area contributed by atoms with E-state index in [0.717, 1.165) is 10.5 Å². The number of anilines is 4. The van der Waals surface area contributed by atoms with Crippen LogP contribution in [-0.2, 0) is 0 Å². The van der Waals surface area contributed by atoms with Crippen LogP contribution < -0.4 is 15.5 Å². The highest BCUT2D eigenvalue weighted by Crippen LogP contribution is 2.29. The van der Waals surface area contributed by atoms with Gasteiger partial charge in [0.15, 0.2) is 0 Å². The quantitative estimate of drug-likeness (QED) is 0.331. The molecule has 1 heterocycles. The second-order valence-electron chi connectivity index (χ2n) is 7.24. The van der Waals surface area contributed by atoms with Gasteiger partial charge in [-0.2, -0.15) is 4.98 Å². The fourth-order valence-electron chi connectivity index (χ4n) is 3.28. The van der Waals surface area contributed by atoms with Gasteiger partial charge in [0.25, 0.3) is 0 Å². The van der Waals surface area contributed by atoms with E-state index in [9.17, 15) is 9.18 Å². The largest absolute Gasteiger partial charge is 0.348 e. The van der Waals surface area contributed by atoms with Gasteiger partial charge in [0.05, 0.1) is 11.7 Å². The van der Waals surface area contributed by atoms with E-state index >= 15 is 0 Å². The maximum absolute atomic E-state index is 14.7. The Kier molecular flexibility index (Phi) is 6.80. The van der Waals surface area contributed by atoms with Crippen LogP contribution in [0.15, 0.2) is 91.1 Å². The number of rotatable bonds is 6. The fourth-order valence-corrected chi connectivity index (χ4v) is 3.47. The molecule has 1 atom stereocenters. The molecule has 4 aromatic rings. The number of urea groups is 1. The molecule has 1 aromatic heterocycles. The highest BCUT2D eigenvalue weighted by atomic mass is 35.5. The third-order valence-corrected chi connectivity index (χ3v) is 5.12. The van der Waals surface area contributed by atoms with Gasteiger partial charge in [-0.15, -0.1) is 0 Å². The SMILES string of the molecule is CC(Nc1nccc(N(C(=O)Nc2cccc(Cl)c2)c2ccccc2F)n1)c1ccccc1. The summed E-state index contributed by atoms with van der Waals surface area (Å²) in [6, 6.07) is 23.4. The van der Waals surface area contributed by atoms with Gasteiger partial charge >= 0.3 is 6.03 Å². The van der Waals surface area contributed by atoms with Gasteiger partial charge in [-0.1, -0.05) is 60.1 Å². The van der Waals surface area contributed by atoms with E-state index in [1.807, 2.05) is 37.3 Å². The molecular formula is C25H21ClFN5O. The van der Waals surface area contributed by atoms with E-state index in [1.165, 1.54) is 18.3 Å². The van der Waals surface area contributed by atoms with Gasteiger partial charge in [0, 0.05) is 23.0 Å². The van der Waals surface area contributed by atoms with Crippen LogP contribution in [0.2, 0.25) is 5.02 Å². The maximum atomic E-state index is 14.7. The van der Waals surface area contributed by atoms with Crippen molar-refractivity contribution >= 4 is 40.8 Å². The average Bonchev–Trinajstić information content (AvgIpc) is 2.81. The first-order chi connectivity index (χ1) is 16.0. The molecule has 0 bridgehead atoms. The van der Waals surface area contributed by atoms with E-state index in [-0.39, 0.29) is 17.5 Å². The van der Waals surface area contributed by atoms with Crippen LogP contribution in [-0.4, -0.2) is 16.0 Å². The normalized spacial score (nSPS) is 11.5. The number of carbonyl (C=O) groups is 1. The molecule has 2 amide bonds. The average molecular weight is 462 g/mol. The minimum atomic E-state index is -0.594. The summed E-state index contributed by atoms with van der Waals surface area (Å²) in [5, 5.41) is 6.44. The van der Waals surface area contributed by atoms with Crippen LogP contribution in [0.5, 0.6) is 0 Å². The van der Waals surface area contributed by atoms with E-state index < -0.39 is 11.8 Å². The van der Waals surface area contributed by atoms with E-state index in [1.54, 1.807) is 42.5 Å². The number of nitrogens with one attached hydrogen (secondary N) is 2. The van der Waals surface area contributed by atoms with Crippen LogP contribution in [0.1, 0.15) is 18.5 Å². The van der Waals surface area contributed by atoms with E-state index in [2.05, 4.69) is 20.6 Å². The molecule has 0 aliphatic rings. The van der Waals surface area contributed by atoms with Crippen molar-refractivity contribution in [2.75, 3.05) is 15.5 Å². The second-order valence-corrected chi connectivity index (χ2v) is 7.68. The minimum absolute atomic E-state index is 0.0535. The summed E-state index contributed by atoms with van der Waals surface area (Å²) < 4.78 is 14.7. The van der Waals surface area contributed by atoms with Gasteiger partial charge < -0.3 is 10.6 Å². The summed E-state index contributed by atoms with van der Waals surface area (Å²) in [7, 11) is 0. The van der Waals surface area contributed by atoms with E-state index in [4.69, 9.17) is 11.6 Å². The van der Waals surface area contributed by atoms with Crippen molar-refractivity contribution in [1.29, 1.82) is 0 Å². The number of amides is 2. The standard InChI is InChI=1S/C25H21ClFN5O/c1-17(18-8-3-2-4-9-18)29-24-28-15-14-23(31-24)32(22-13-6-5-12-21(22)27)25(33)30-20-11-7-10-19(26)16-20/h2-17H,1H3,(H,30,33)(H,28,29,31). The zero-order valence-electron chi connectivity index (χ0n) is 17.7. The Bertz CT molecular complexity index is 1250. The topological polar surface area (TPSA) is 70.2 Å². The molecule has 0 saturated heterocycles. The molecule has 0 aliphatic carbocycles. The number of benzene rings is 3. The Hall–Kier alpha value is -3.97. The summed E-state index contributed by atoms with van der Waals surface area (Å²) >= 11 is 6.03. The van der Waals surface area contributed by atoms with Crippen molar-refractivity contribution in [1.82, 2.24) is 9.97 Å². The lowest BCUT2D eigenvalue weighted by Crippen LogP contribution is -2.32. The third-order valence-electron chi connectivity index (χ3n) is 4.89. The fraction of sp³-hybridized carbons (Fsp3) is 0.0800. The predicted molar refractivity (Wildman–Crippen MR) is 130 cm³/mol. The Balaban J connectivity index is 1.66. The van der Waals surface area contributed by atoms with Crippen molar-refractivity contribution in [3.05, 3.63) is 108 Å². The molecule has 6 nitrogen and oxygen atoms in total. The Labute approximate surface area is 196 Å². The molecule has 4 rings (SSSR count). The van der Waals surface area contributed by atoms with E-state index in [0.29, 0.717) is 16.7 Å². The zero-order chi connectivity index (χ0) is 23.2.